The highest BCUT2D eigenvalue weighted by atomic mass is 32.2. The quantitative estimate of drug-likeness (QED) is 0.808. The third-order valence-corrected chi connectivity index (χ3v) is 4.89. The van der Waals surface area contributed by atoms with Crippen LogP contribution in [0.1, 0.15) is 38.7 Å². The molecule has 0 aliphatic heterocycles. The monoisotopic (exact) mass is 343 g/mol. The molecule has 0 spiro atoms. The SMILES string of the molecule is CSc1ccc(C)c(C(=O)NC(C(=O)O)c2cccc(C)c2C)c1. The first-order valence-corrected chi connectivity index (χ1v) is 8.82. The molecule has 0 aromatic heterocycles. The average molecular weight is 343 g/mol. The van der Waals surface area contributed by atoms with Gasteiger partial charge in [-0.05, 0) is 61.4 Å². The molecule has 0 bridgehead atoms. The van der Waals surface area contributed by atoms with Crippen LogP contribution in [0.3, 0.4) is 0 Å². The summed E-state index contributed by atoms with van der Waals surface area (Å²) in [5.41, 5.74) is 3.79. The molecule has 0 aliphatic rings. The number of thioether (sulfide) groups is 1. The second-order valence-electron chi connectivity index (χ2n) is 5.71. The van der Waals surface area contributed by atoms with Crippen LogP contribution in [0.5, 0.6) is 0 Å². The molecule has 5 heteroatoms. The third kappa shape index (κ3) is 3.79. The number of carboxylic acids is 1. The fourth-order valence-corrected chi connectivity index (χ4v) is 2.98. The van der Waals surface area contributed by atoms with Gasteiger partial charge in [-0.1, -0.05) is 24.3 Å². The van der Waals surface area contributed by atoms with Crippen LogP contribution in [0, 0.1) is 20.8 Å². The molecule has 0 aliphatic carbocycles. The van der Waals surface area contributed by atoms with E-state index in [0.717, 1.165) is 21.6 Å². The lowest BCUT2D eigenvalue weighted by molar-refractivity contribution is -0.139. The van der Waals surface area contributed by atoms with Gasteiger partial charge in [0.1, 0.15) is 0 Å². The molecule has 2 aromatic rings. The van der Waals surface area contributed by atoms with Crippen molar-refractivity contribution in [3.8, 4) is 0 Å². The van der Waals surface area contributed by atoms with Gasteiger partial charge >= 0.3 is 5.97 Å². The highest BCUT2D eigenvalue weighted by Gasteiger charge is 2.25. The van der Waals surface area contributed by atoms with Crippen molar-refractivity contribution in [2.24, 2.45) is 0 Å². The fourth-order valence-electron chi connectivity index (χ4n) is 2.54. The molecule has 4 nitrogen and oxygen atoms in total. The minimum absolute atomic E-state index is 0.378. The summed E-state index contributed by atoms with van der Waals surface area (Å²) in [7, 11) is 0. The summed E-state index contributed by atoms with van der Waals surface area (Å²) < 4.78 is 0. The average Bonchev–Trinajstić information content (AvgIpc) is 2.55. The molecular weight excluding hydrogens is 322 g/mol. The van der Waals surface area contributed by atoms with Crippen molar-refractivity contribution >= 4 is 23.6 Å². The Morgan fingerprint density at radius 2 is 1.79 bits per heavy atom. The molecule has 0 saturated carbocycles. The van der Waals surface area contributed by atoms with E-state index in [9.17, 15) is 14.7 Å². The van der Waals surface area contributed by atoms with Gasteiger partial charge < -0.3 is 10.4 Å². The number of nitrogens with one attached hydrogen (secondary N) is 1. The van der Waals surface area contributed by atoms with Gasteiger partial charge in [0.2, 0.25) is 0 Å². The Balaban J connectivity index is 2.37. The van der Waals surface area contributed by atoms with Crippen LogP contribution >= 0.6 is 11.8 Å². The number of hydrogen-bond acceptors (Lipinski definition) is 3. The minimum atomic E-state index is -1.07. The molecule has 2 aromatic carbocycles. The molecule has 0 fully saturated rings. The van der Waals surface area contributed by atoms with Crippen LogP contribution in [0.25, 0.3) is 0 Å². The maximum absolute atomic E-state index is 12.6. The van der Waals surface area contributed by atoms with E-state index in [-0.39, 0.29) is 5.91 Å². The summed E-state index contributed by atoms with van der Waals surface area (Å²) in [6.45, 7) is 5.63. The summed E-state index contributed by atoms with van der Waals surface area (Å²) in [4.78, 5) is 25.3. The van der Waals surface area contributed by atoms with Crippen LogP contribution in [0.4, 0.5) is 0 Å². The maximum atomic E-state index is 12.6. The number of amides is 1. The van der Waals surface area contributed by atoms with Crippen LogP contribution in [0.2, 0.25) is 0 Å². The lowest BCUT2D eigenvalue weighted by Crippen LogP contribution is -2.34. The molecule has 1 amide bonds. The molecular formula is C19H21NO3S. The smallest absolute Gasteiger partial charge is 0.330 e. The Kier molecular flexibility index (Phi) is 5.67. The molecule has 2 rings (SSSR count). The fraction of sp³-hybridized carbons (Fsp3) is 0.263. The predicted octanol–water partition coefficient (Wildman–Crippen LogP) is 3.89. The zero-order valence-corrected chi connectivity index (χ0v) is 15.0. The molecule has 2 N–H and O–H groups in total. The van der Waals surface area contributed by atoms with E-state index >= 15 is 0 Å². The van der Waals surface area contributed by atoms with E-state index in [1.54, 1.807) is 18.2 Å². The first-order valence-electron chi connectivity index (χ1n) is 7.59. The summed E-state index contributed by atoms with van der Waals surface area (Å²) in [5.74, 6) is -1.45. The van der Waals surface area contributed by atoms with E-state index in [1.165, 1.54) is 11.8 Å². The largest absolute Gasteiger partial charge is 0.479 e. The molecule has 1 atom stereocenters. The van der Waals surface area contributed by atoms with Crippen molar-refractivity contribution in [2.75, 3.05) is 6.26 Å². The van der Waals surface area contributed by atoms with E-state index in [0.29, 0.717) is 11.1 Å². The number of aliphatic carboxylic acids is 1. The van der Waals surface area contributed by atoms with E-state index < -0.39 is 12.0 Å². The van der Waals surface area contributed by atoms with Crippen molar-refractivity contribution in [3.63, 3.8) is 0 Å². The third-order valence-electron chi connectivity index (χ3n) is 4.17. The lowest BCUT2D eigenvalue weighted by atomic mass is 9.97. The first kappa shape index (κ1) is 18.1. The van der Waals surface area contributed by atoms with E-state index in [1.807, 2.05) is 45.2 Å². The van der Waals surface area contributed by atoms with Gasteiger partial charge in [-0.15, -0.1) is 11.8 Å². The Morgan fingerprint density at radius 3 is 2.42 bits per heavy atom. The number of carbonyl (C=O) groups is 2. The highest BCUT2D eigenvalue weighted by molar-refractivity contribution is 7.98. The number of carboxylic acid groups (broad SMARTS) is 1. The van der Waals surface area contributed by atoms with Crippen molar-refractivity contribution in [1.29, 1.82) is 0 Å². The first-order chi connectivity index (χ1) is 11.3. The summed E-state index contributed by atoms with van der Waals surface area (Å²) in [6.07, 6.45) is 1.93. The predicted molar refractivity (Wildman–Crippen MR) is 96.7 cm³/mol. The molecule has 0 radical (unpaired) electrons. The van der Waals surface area contributed by atoms with Crippen molar-refractivity contribution in [2.45, 2.75) is 31.7 Å². The van der Waals surface area contributed by atoms with Crippen molar-refractivity contribution < 1.29 is 14.7 Å². The lowest BCUT2D eigenvalue weighted by Gasteiger charge is -2.19. The van der Waals surface area contributed by atoms with Crippen molar-refractivity contribution in [1.82, 2.24) is 5.32 Å². The van der Waals surface area contributed by atoms with E-state index in [4.69, 9.17) is 0 Å². The van der Waals surface area contributed by atoms with Gasteiger partial charge in [0.25, 0.3) is 5.91 Å². The standard InChI is InChI=1S/C19H21NO3S/c1-11-6-5-7-15(13(11)3)17(19(22)23)20-18(21)16-10-14(24-4)9-8-12(16)2/h5-10,17H,1-4H3,(H,20,21)(H,22,23). The van der Waals surface area contributed by atoms with Gasteiger partial charge in [0.05, 0.1) is 0 Å². The molecule has 1 unspecified atom stereocenters. The van der Waals surface area contributed by atoms with Crippen LogP contribution in [-0.4, -0.2) is 23.2 Å². The summed E-state index contributed by atoms with van der Waals surface area (Å²) in [6, 6.07) is 9.99. The Hall–Kier alpha value is -2.27. The van der Waals surface area contributed by atoms with Crippen LogP contribution < -0.4 is 5.32 Å². The minimum Gasteiger partial charge on any atom is -0.479 e. The normalized spacial score (nSPS) is 11.8. The zero-order chi connectivity index (χ0) is 17.9. The summed E-state index contributed by atoms with van der Waals surface area (Å²) >= 11 is 1.54. The molecule has 0 saturated heterocycles. The zero-order valence-electron chi connectivity index (χ0n) is 14.2. The maximum Gasteiger partial charge on any atom is 0.330 e. The van der Waals surface area contributed by atoms with Crippen molar-refractivity contribution in [3.05, 3.63) is 64.2 Å². The van der Waals surface area contributed by atoms with Gasteiger partial charge in [-0.2, -0.15) is 0 Å². The van der Waals surface area contributed by atoms with E-state index in [2.05, 4.69) is 5.32 Å². The topological polar surface area (TPSA) is 66.4 Å². The number of benzene rings is 2. The number of carbonyl (C=O) groups excluding carboxylic acids is 1. The number of aryl methyl sites for hydroxylation is 2. The Labute approximate surface area is 146 Å². The number of rotatable bonds is 5. The van der Waals surface area contributed by atoms with Gasteiger partial charge in [0, 0.05) is 10.5 Å². The van der Waals surface area contributed by atoms with Gasteiger partial charge in [-0.3, -0.25) is 4.79 Å². The second kappa shape index (κ2) is 7.53. The van der Waals surface area contributed by atoms with Gasteiger partial charge in [-0.25, -0.2) is 4.79 Å². The van der Waals surface area contributed by atoms with Gasteiger partial charge in [0.15, 0.2) is 6.04 Å². The van der Waals surface area contributed by atoms with Crippen LogP contribution in [0.15, 0.2) is 41.3 Å². The number of hydrogen-bond donors (Lipinski definition) is 2. The molecule has 0 heterocycles. The Bertz CT molecular complexity index is 786. The Morgan fingerprint density at radius 1 is 1.08 bits per heavy atom. The molecule has 126 valence electrons. The molecule has 24 heavy (non-hydrogen) atoms. The second-order valence-corrected chi connectivity index (χ2v) is 6.59. The highest BCUT2D eigenvalue weighted by Crippen LogP contribution is 2.23. The summed E-state index contributed by atoms with van der Waals surface area (Å²) in [5, 5.41) is 12.3. The van der Waals surface area contributed by atoms with Crippen LogP contribution in [-0.2, 0) is 4.79 Å².